The van der Waals surface area contributed by atoms with Crippen LogP contribution >= 0.6 is 11.3 Å². The number of nitrogens with one attached hydrogen (secondary N) is 1. The summed E-state index contributed by atoms with van der Waals surface area (Å²) in [6.07, 6.45) is 7.60. The maximum atomic E-state index is 12.5. The quantitative estimate of drug-likeness (QED) is 0.777. The topological polar surface area (TPSA) is 78.4 Å². The van der Waals surface area contributed by atoms with Gasteiger partial charge in [-0.05, 0) is 44.1 Å². The van der Waals surface area contributed by atoms with E-state index in [1.165, 1.54) is 33.6 Å². The van der Waals surface area contributed by atoms with E-state index >= 15 is 0 Å². The Morgan fingerprint density at radius 2 is 1.92 bits per heavy atom. The summed E-state index contributed by atoms with van der Waals surface area (Å²) in [6, 6.07) is -0.292. The SMILES string of the molecule is CN1C(=O)NC2(CCN(c3ncnc4sc5c(c34)CCCC5)CC2)C1=O. The summed E-state index contributed by atoms with van der Waals surface area (Å²) in [7, 11) is 1.55. The molecule has 1 N–H and O–H groups in total. The van der Waals surface area contributed by atoms with E-state index in [2.05, 4.69) is 20.2 Å². The third kappa shape index (κ3) is 2.17. The Labute approximate surface area is 155 Å². The first-order valence-electron chi connectivity index (χ1n) is 9.19. The van der Waals surface area contributed by atoms with Crippen molar-refractivity contribution < 1.29 is 9.59 Å². The Bertz CT molecular complexity index is 916. The largest absolute Gasteiger partial charge is 0.356 e. The summed E-state index contributed by atoms with van der Waals surface area (Å²) >= 11 is 1.80. The van der Waals surface area contributed by atoms with E-state index in [9.17, 15) is 9.59 Å². The zero-order chi connectivity index (χ0) is 17.9. The molecule has 136 valence electrons. The number of carbonyl (C=O) groups excluding carboxylic acids is 2. The van der Waals surface area contributed by atoms with Crippen molar-refractivity contribution in [2.24, 2.45) is 0 Å². The molecule has 1 aliphatic carbocycles. The van der Waals surface area contributed by atoms with Crippen LogP contribution in [0.4, 0.5) is 10.6 Å². The van der Waals surface area contributed by atoms with Crippen LogP contribution in [0.2, 0.25) is 0 Å². The van der Waals surface area contributed by atoms with Crippen LogP contribution in [-0.4, -0.2) is 52.5 Å². The lowest BCUT2D eigenvalue weighted by atomic mass is 9.87. The number of anilines is 1. The van der Waals surface area contributed by atoms with Gasteiger partial charge in [0.25, 0.3) is 5.91 Å². The van der Waals surface area contributed by atoms with E-state index in [1.54, 1.807) is 24.7 Å². The second-order valence-electron chi connectivity index (χ2n) is 7.45. The molecule has 0 unspecified atom stereocenters. The third-order valence-electron chi connectivity index (χ3n) is 6.01. The number of thiophene rings is 1. The summed E-state index contributed by atoms with van der Waals surface area (Å²) in [4.78, 5) is 39.5. The monoisotopic (exact) mass is 371 g/mol. The fraction of sp³-hybridized carbons (Fsp3) is 0.556. The first kappa shape index (κ1) is 16.0. The lowest BCUT2D eigenvalue weighted by molar-refractivity contribution is -0.131. The van der Waals surface area contributed by atoms with E-state index < -0.39 is 5.54 Å². The zero-order valence-corrected chi connectivity index (χ0v) is 15.6. The van der Waals surface area contributed by atoms with E-state index in [1.807, 2.05) is 0 Å². The Hall–Kier alpha value is -2.22. The molecule has 0 aromatic carbocycles. The molecule has 2 aliphatic heterocycles. The highest BCUT2D eigenvalue weighted by Gasteiger charge is 2.51. The van der Waals surface area contributed by atoms with Gasteiger partial charge in [0.15, 0.2) is 0 Å². The van der Waals surface area contributed by atoms with E-state index in [4.69, 9.17) is 0 Å². The van der Waals surface area contributed by atoms with Crippen LogP contribution < -0.4 is 10.2 Å². The van der Waals surface area contributed by atoms with Gasteiger partial charge >= 0.3 is 6.03 Å². The molecule has 3 amide bonds. The fourth-order valence-electron chi connectivity index (χ4n) is 4.51. The van der Waals surface area contributed by atoms with Crippen molar-refractivity contribution in [3.8, 4) is 0 Å². The number of likely N-dealkylation sites (N-methyl/N-ethyl adjacent to an activating group) is 1. The highest BCUT2D eigenvalue weighted by molar-refractivity contribution is 7.19. The highest BCUT2D eigenvalue weighted by atomic mass is 32.1. The third-order valence-corrected chi connectivity index (χ3v) is 7.21. The molecule has 0 saturated carbocycles. The molecular formula is C18H21N5O2S. The first-order chi connectivity index (χ1) is 12.6. The predicted molar refractivity (Wildman–Crippen MR) is 99.5 cm³/mol. The minimum atomic E-state index is -0.734. The number of aryl methyl sites for hydroxylation is 2. The maximum Gasteiger partial charge on any atom is 0.324 e. The second kappa shape index (κ2) is 5.64. The van der Waals surface area contributed by atoms with Crippen molar-refractivity contribution in [3.63, 3.8) is 0 Å². The van der Waals surface area contributed by atoms with Crippen LogP contribution in [0, 0.1) is 0 Å². The summed E-state index contributed by atoms with van der Waals surface area (Å²) in [5.74, 6) is 0.886. The first-order valence-corrected chi connectivity index (χ1v) is 10.0. The van der Waals surface area contributed by atoms with Gasteiger partial charge in [-0.3, -0.25) is 9.69 Å². The van der Waals surface area contributed by atoms with Crippen molar-refractivity contribution in [2.75, 3.05) is 25.0 Å². The number of hydrogen-bond acceptors (Lipinski definition) is 6. The van der Waals surface area contributed by atoms with Gasteiger partial charge in [0, 0.05) is 25.0 Å². The Morgan fingerprint density at radius 3 is 2.65 bits per heavy atom. The van der Waals surface area contributed by atoms with Crippen LogP contribution in [0.25, 0.3) is 10.2 Å². The standard InChI is InChI=1S/C18H21N5O2S/c1-22-16(24)18(21-17(22)25)6-8-23(9-7-18)14-13-11-4-2-3-5-12(11)26-15(13)20-10-19-14/h10H,2-9H2,1H3,(H,21,25). The summed E-state index contributed by atoms with van der Waals surface area (Å²) < 4.78 is 0. The molecule has 2 aromatic rings. The van der Waals surface area contributed by atoms with Crippen LogP contribution in [0.5, 0.6) is 0 Å². The number of aromatic nitrogens is 2. The number of fused-ring (bicyclic) bond motifs is 3. The lowest BCUT2D eigenvalue weighted by Gasteiger charge is -2.38. The van der Waals surface area contributed by atoms with E-state index in [-0.39, 0.29) is 11.9 Å². The Morgan fingerprint density at radius 1 is 1.15 bits per heavy atom. The van der Waals surface area contributed by atoms with Crippen molar-refractivity contribution in [1.82, 2.24) is 20.2 Å². The number of carbonyl (C=O) groups is 2. The summed E-state index contributed by atoms with van der Waals surface area (Å²) in [6.45, 7) is 1.41. The maximum absolute atomic E-state index is 12.5. The zero-order valence-electron chi connectivity index (χ0n) is 14.7. The molecule has 7 nitrogen and oxygen atoms in total. The van der Waals surface area contributed by atoms with Gasteiger partial charge in [0.1, 0.15) is 22.5 Å². The van der Waals surface area contributed by atoms with Crippen LogP contribution in [0.1, 0.15) is 36.1 Å². The molecule has 0 atom stereocenters. The van der Waals surface area contributed by atoms with Gasteiger partial charge in [0.05, 0.1) is 5.39 Å². The minimum Gasteiger partial charge on any atom is -0.356 e. The molecule has 26 heavy (non-hydrogen) atoms. The van der Waals surface area contributed by atoms with Crippen LogP contribution in [0.3, 0.4) is 0 Å². The Kier molecular flexibility index (Phi) is 3.47. The molecule has 3 aliphatic rings. The number of rotatable bonds is 1. The molecule has 0 bridgehead atoms. The van der Waals surface area contributed by atoms with Gasteiger partial charge < -0.3 is 10.2 Å². The number of urea groups is 1. The van der Waals surface area contributed by atoms with Gasteiger partial charge in [-0.1, -0.05) is 0 Å². The smallest absolute Gasteiger partial charge is 0.324 e. The average Bonchev–Trinajstić information content (AvgIpc) is 3.14. The average molecular weight is 371 g/mol. The molecule has 2 saturated heterocycles. The lowest BCUT2D eigenvalue weighted by Crippen LogP contribution is -2.55. The molecule has 5 rings (SSSR count). The number of nitrogens with zero attached hydrogens (tertiary/aromatic N) is 4. The number of piperidine rings is 1. The summed E-state index contributed by atoms with van der Waals surface area (Å²) in [5, 5.41) is 4.11. The van der Waals surface area contributed by atoms with Crippen molar-refractivity contribution >= 4 is 39.3 Å². The van der Waals surface area contributed by atoms with Gasteiger partial charge in [-0.15, -0.1) is 11.3 Å². The molecule has 2 fully saturated rings. The van der Waals surface area contributed by atoms with Gasteiger partial charge in [-0.25, -0.2) is 14.8 Å². The normalized spacial score (nSPS) is 22.2. The van der Waals surface area contributed by atoms with Crippen LogP contribution in [-0.2, 0) is 17.6 Å². The Balaban J connectivity index is 1.47. The minimum absolute atomic E-state index is 0.108. The number of amides is 3. The fourth-order valence-corrected chi connectivity index (χ4v) is 5.73. The molecule has 2 aromatic heterocycles. The molecule has 8 heteroatoms. The van der Waals surface area contributed by atoms with Gasteiger partial charge in [-0.2, -0.15) is 0 Å². The summed E-state index contributed by atoms with van der Waals surface area (Å²) in [5.41, 5.74) is 0.694. The highest BCUT2D eigenvalue weighted by Crippen LogP contribution is 2.40. The van der Waals surface area contributed by atoms with E-state index in [0.29, 0.717) is 25.9 Å². The number of imide groups is 1. The second-order valence-corrected chi connectivity index (χ2v) is 8.54. The van der Waals surface area contributed by atoms with Crippen molar-refractivity contribution in [2.45, 2.75) is 44.1 Å². The van der Waals surface area contributed by atoms with Gasteiger partial charge in [0.2, 0.25) is 0 Å². The molecule has 4 heterocycles. The van der Waals surface area contributed by atoms with Crippen LogP contribution in [0.15, 0.2) is 6.33 Å². The van der Waals surface area contributed by atoms with E-state index in [0.717, 1.165) is 23.5 Å². The van der Waals surface area contributed by atoms with Crippen molar-refractivity contribution in [1.29, 1.82) is 0 Å². The van der Waals surface area contributed by atoms with Crippen molar-refractivity contribution in [3.05, 3.63) is 16.8 Å². The molecule has 1 spiro atoms. The number of hydrogen-bond donors (Lipinski definition) is 1. The predicted octanol–water partition coefficient (Wildman–Crippen LogP) is 2.09. The molecule has 0 radical (unpaired) electrons. The molecular weight excluding hydrogens is 350 g/mol.